The number of benzene rings is 1. The molecule has 0 bridgehead atoms. The monoisotopic (exact) mass is 591 g/mol. The zero-order chi connectivity index (χ0) is 30.1. The van der Waals surface area contributed by atoms with Crippen LogP contribution in [0.2, 0.25) is 0 Å². The van der Waals surface area contributed by atoms with E-state index in [2.05, 4.69) is 9.97 Å². The lowest BCUT2D eigenvalue weighted by Crippen LogP contribution is -2.47. The summed E-state index contributed by atoms with van der Waals surface area (Å²) in [6, 6.07) is 8.03. The first-order valence-corrected chi connectivity index (χ1v) is 14.5. The van der Waals surface area contributed by atoms with Crippen molar-refractivity contribution in [2.75, 3.05) is 46.2 Å². The van der Waals surface area contributed by atoms with Gasteiger partial charge in [0.05, 0.1) is 50.9 Å². The van der Waals surface area contributed by atoms with E-state index in [1.807, 2.05) is 31.2 Å². The van der Waals surface area contributed by atoms with Crippen molar-refractivity contribution in [1.82, 2.24) is 14.9 Å². The number of alkyl halides is 2. The molecule has 3 aromatic rings. The van der Waals surface area contributed by atoms with E-state index in [0.29, 0.717) is 50.9 Å². The highest BCUT2D eigenvalue weighted by molar-refractivity contribution is 5.85. The molecule has 0 unspecified atom stereocenters. The zero-order valence-electron chi connectivity index (χ0n) is 24.5. The number of pyridine rings is 1. The van der Waals surface area contributed by atoms with Crippen molar-refractivity contribution in [2.45, 2.75) is 64.5 Å². The molecule has 0 saturated carbocycles. The number of unbranched alkanes of at least 4 members (excludes halogenated alkanes) is 2. The summed E-state index contributed by atoms with van der Waals surface area (Å²) in [4.78, 5) is 20.6. The third-order valence-electron chi connectivity index (χ3n) is 7.18. The van der Waals surface area contributed by atoms with Gasteiger partial charge in [-0.05, 0) is 51.2 Å². The van der Waals surface area contributed by atoms with Gasteiger partial charge in [0.2, 0.25) is 0 Å². The SMILES string of the molecule is CCOC(=O)COCCOCCCCCOc1cnc([C@@H]2c3[nH]c4ccccc4c3C[C@@H](C)N2CC(C)(F)F)c(F)c1. The second kappa shape index (κ2) is 14.8. The Hall–Kier alpha value is -3.15. The summed E-state index contributed by atoms with van der Waals surface area (Å²) in [6.07, 6.45) is 4.44. The summed E-state index contributed by atoms with van der Waals surface area (Å²) in [7, 11) is 0. The number of nitrogens with one attached hydrogen (secondary N) is 1. The highest BCUT2D eigenvalue weighted by Gasteiger charge is 2.41. The summed E-state index contributed by atoms with van der Waals surface area (Å²) in [6.45, 7) is 5.88. The molecule has 0 aliphatic carbocycles. The Bertz CT molecular complexity index is 1310. The molecule has 1 aliphatic rings. The second-order valence-corrected chi connectivity index (χ2v) is 10.7. The average Bonchev–Trinajstić information content (AvgIpc) is 3.30. The Balaban J connectivity index is 1.31. The second-order valence-electron chi connectivity index (χ2n) is 10.7. The van der Waals surface area contributed by atoms with Crippen molar-refractivity contribution in [3.05, 3.63) is 59.3 Å². The Labute approximate surface area is 244 Å². The topological polar surface area (TPSA) is 85.9 Å². The summed E-state index contributed by atoms with van der Waals surface area (Å²) < 4.78 is 65.3. The molecule has 0 fully saturated rings. The maximum Gasteiger partial charge on any atom is 0.332 e. The number of halogens is 3. The molecule has 3 heterocycles. The summed E-state index contributed by atoms with van der Waals surface area (Å²) in [5, 5.41) is 1.01. The minimum atomic E-state index is -2.96. The fraction of sp³-hybridized carbons (Fsp3) is 0.548. The van der Waals surface area contributed by atoms with Crippen LogP contribution in [0, 0.1) is 5.82 Å². The van der Waals surface area contributed by atoms with Gasteiger partial charge in [0.15, 0.2) is 0 Å². The van der Waals surface area contributed by atoms with Gasteiger partial charge < -0.3 is 23.9 Å². The van der Waals surface area contributed by atoms with E-state index >= 15 is 4.39 Å². The first kappa shape index (κ1) is 31.8. The lowest BCUT2D eigenvalue weighted by atomic mass is 9.90. The van der Waals surface area contributed by atoms with Crippen LogP contribution in [0.15, 0.2) is 36.5 Å². The van der Waals surface area contributed by atoms with E-state index < -0.39 is 30.3 Å². The number of hydrogen-bond donors (Lipinski definition) is 1. The number of rotatable bonds is 16. The van der Waals surface area contributed by atoms with E-state index in [9.17, 15) is 13.6 Å². The minimum absolute atomic E-state index is 0.0816. The van der Waals surface area contributed by atoms with E-state index in [1.54, 1.807) is 11.8 Å². The Morgan fingerprint density at radius 2 is 1.88 bits per heavy atom. The normalized spacial score (nSPS) is 17.4. The fourth-order valence-corrected chi connectivity index (χ4v) is 5.33. The predicted octanol–water partition coefficient (Wildman–Crippen LogP) is 5.84. The number of para-hydroxylation sites is 1. The first-order valence-electron chi connectivity index (χ1n) is 14.5. The molecule has 0 radical (unpaired) electrons. The van der Waals surface area contributed by atoms with Gasteiger partial charge >= 0.3 is 5.97 Å². The van der Waals surface area contributed by atoms with Crippen molar-refractivity contribution < 1.29 is 36.9 Å². The van der Waals surface area contributed by atoms with Crippen LogP contribution in [0.5, 0.6) is 5.75 Å². The molecular formula is C31H40F3N3O5. The van der Waals surface area contributed by atoms with Gasteiger partial charge in [-0.3, -0.25) is 9.88 Å². The Kier molecular flexibility index (Phi) is 11.2. The maximum atomic E-state index is 15.6. The van der Waals surface area contributed by atoms with Crippen LogP contribution in [0.1, 0.15) is 63.0 Å². The van der Waals surface area contributed by atoms with E-state index in [1.165, 1.54) is 12.3 Å². The van der Waals surface area contributed by atoms with Gasteiger partial charge in [-0.2, -0.15) is 0 Å². The average molecular weight is 592 g/mol. The third-order valence-corrected chi connectivity index (χ3v) is 7.18. The largest absolute Gasteiger partial charge is 0.492 e. The van der Waals surface area contributed by atoms with Gasteiger partial charge in [-0.25, -0.2) is 18.0 Å². The lowest BCUT2D eigenvalue weighted by molar-refractivity contribution is -0.148. The highest BCUT2D eigenvalue weighted by atomic mass is 19.3. The number of aromatic nitrogens is 2. The highest BCUT2D eigenvalue weighted by Crippen LogP contribution is 2.42. The first-order chi connectivity index (χ1) is 20.2. The van der Waals surface area contributed by atoms with Crippen LogP contribution in [0.4, 0.5) is 13.2 Å². The Morgan fingerprint density at radius 1 is 1.12 bits per heavy atom. The van der Waals surface area contributed by atoms with Crippen LogP contribution < -0.4 is 4.74 Å². The zero-order valence-corrected chi connectivity index (χ0v) is 24.5. The van der Waals surface area contributed by atoms with Gasteiger partial charge in [0.25, 0.3) is 5.92 Å². The number of ether oxygens (including phenoxy) is 4. The minimum Gasteiger partial charge on any atom is -0.492 e. The fourth-order valence-electron chi connectivity index (χ4n) is 5.33. The molecule has 1 aliphatic heterocycles. The maximum absolute atomic E-state index is 15.6. The molecule has 11 heteroatoms. The number of aromatic amines is 1. The van der Waals surface area contributed by atoms with E-state index in [-0.39, 0.29) is 18.3 Å². The van der Waals surface area contributed by atoms with Crippen LogP contribution in [0.3, 0.4) is 0 Å². The van der Waals surface area contributed by atoms with Crippen molar-refractivity contribution in [1.29, 1.82) is 0 Å². The molecular weight excluding hydrogens is 551 g/mol. The molecule has 1 aromatic carbocycles. The molecule has 8 nitrogen and oxygen atoms in total. The molecule has 230 valence electrons. The summed E-state index contributed by atoms with van der Waals surface area (Å²) >= 11 is 0. The lowest BCUT2D eigenvalue weighted by Gasteiger charge is -2.41. The number of hydrogen-bond acceptors (Lipinski definition) is 7. The molecule has 1 N–H and O–H groups in total. The van der Waals surface area contributed by atoms with E-state index in [0.717, 1.165) is 42.7 Å². The molecule has 2 aromatic heterocycles. The van der Waals surface area contributed by atoms with Crippen molar-refractivity contribution >= 4 is 16.9 Å². The number of nitrogens with zero attached hydrogens (tertiary/aromatic N) is 2. The molecule has 0 spiro atoms. The summed E-state index contributed by atoms with van der Waals surface area (Å²) in [5.74, 6) is -3.66. The Morgan fingerprint density at radius 3 is 2.64 bits per heavy atom. The number of carbonyl (C=O) groups is 1. The quantitative estimate of drug-likeness (QED) is 0.166. The van der Waals surface area contributed by atoms with Gasteiger partial charge in [0.1, 0.15) is 18.2 Å². The molecule has 42 heavy (non-hydrogen) atoms. The van der Waals surface area contributed by atoms with Gasteiger partial charge in [-0.15, -0.1) is 0 Å². The number of H-pyrrole nitrogens is 1. The van der Waals surface area contributed by atoms with Crippen molar-refractivity contribution in [3.8, 4) is 5.75 Å². The molecule has 2 atom stereocenters. The van der Waals surface area contributed by atoms with Crippen molar-refractivity contribution in [3.63, 3.8) is 0 Å². The number of carbonyl (C=O) groups excluding carboxylic acids is 1. The molecule has 0 amide bonds. The number of fused-ring (bicyclic) bond motifs is 3. The third kappa shape index (κ3) is 8.45. The van der Waals surface area contributed by atoms with Crippen LogP contribution in [-0.4, -0.2) is 79.0 Å². The predicted molar refractivity (Wildman–Crippen MR) is 152 cm³/mol. The van der Waals surface area contributed by atoms with Gasteiger partial charge in [-0.1, -0.05) is 18.2 Å². The van der Waals surface area contributed by atoms with E-state index in [4.69, 9.17) is 18.9 Å². The molecule has 0 saturated heterocycles. The molecule has 4 rings (SSSR count). The van der Waals surface area contributed by atoms with Gasteiger partial charge in [0, 0.05) is 42.2 Å². The van der Waals surface area contributed by atoms with Crippen LogP contribution >= 0.6 is 0 Å². The summed E-state index contributed by atoms with van der Waals surface area (Å²) in [5.41, 5.74) is 2.69. The smallest absolute Gasteiger partial charge is 0.332 e. The van der Waals surface area contributed by atoms with Crippen molar-refractivity contribution in [2.24, 2.45) is 0 Å². The van der Waals surface area contributed by atoms with Crippen LogP contribution in [0.25, 0.3) is 10.9 Å². The van der Waals surface area contributed by atoms with Crippen LogP contribution in [-0.2, 0) is 25.4 Å². The standard InChI is InChI=1S/C31H40F3N3O5/c1-4-41-27(38)19-40-15-14-39-12-8-5-9-13-42-22-17-25(32)29(35-18-22)30-28-24(23-10-6-7-11-26(23)36-28)16-21(2)37(30)20-31(3,33)34/h6-7,10-11,17-18,21,30,36H,4-5,8-9,12-16,19-20H2,1-3H3/t21-,30+/m1/s1. The number of esters is 1.